The number of sulfone groups is 1. The summed E-state index contributed by atoms with van der Waals surface area (Å²) in [6.07, 6.45) is 1.78. The Bertz CT molecular complexity index is 392. The van der Waals surface area contributed by atoms with Gasteiger partial charge in [-0.3, -0.25) is 4.79 Å². The summed E-state index contributed by atoms with van der Waals surface area (Å²) in [5.74, 6) is -1.99. The van der Waals surface area contributed by atoms with Crippen molar-refractivity contribution in [3.63, 3.8) is 0 Å². The minimum absolute atomic E-state index is 0.0582. The first-order valence-corrected chi connectivity index (χ1v) is 8.10. The van der Waals surface area contributed by atoms with Crippen molar-refractivity contribution in [2.45, 2.75) is 32.2 Å². The Morgan fingerprint density at radius 3 is 2.42 bits per heavy atom. The van der Waals surface area contributed by atoms with E-state index in [1.807, 2.05) is 6.92 Å². The largest absolute Gasteiger partial charge is 0.480 e. The molecule has 0 aliphatic heterocycles. The van der Waals surface area contributed by atoms with Crippen LogP contribution in [0, 0.1) is 0 Å². The molecule has 1 unspecified atom stereocenters. The van der Waals surface area contributed by atoms with Crippen molar-refractivity contribution in [3.8, 4) is 0 Å². The van der Waals surface area contributed by atoms with Crippen molar-refractivity contribution in [3.05, 3.63) is 0 Å². The Morgan fingerprint density at radius 1 is 1.32 bits per heavy atom. The van der Waals surface area contributed by atoms with Crippen LogP contribution in [0.4, 0.5) is 0 Å². The minimum Gasteiger partial charge on any atom is -0.480 e. The predicted molar refractivity (Wildman–Crippen MR) is 69.6 cm³/mol. The Kier molecular flexibility index (Phi) is 8.33. The molecule has 112 valence electrons. The van der Waals surface area contributed by atoms with Crippen LogP contribution < -0.4 is 5.32 Å². The SMILES string of the molecule is CCCOCCC(=O)NC(CCS(C)(=O)=O)C(=O)O. The zero-order valence-corrected chi connectivity index (χ0v) is 12.0. The van der Waals surface area contributed by atoms with Crippen molar-refractivity contribution in [1.82, 2.24) is 5.32 Å². The Labute approximate surface area is 113 Å². The van der Waals surface area contributed by atoms with Gasteiger partial charge in [-0.1, -0.05) is 6.92 Å². The number of carboxylic acid groups (broad SMARTS) is 1. The average Bonchev–Trinajstić information content (AvgIpc) is 2.28. The van der Waals surface area contributed by atoms with Crippen LogP contribution in [-0.2, 0) is 24.2 Å². The first-order chi connectivity index (χ1) is 8.76. The second-order valence-electron chi connectivity index (χ2n) is 4.24. The third kappa shape index (κ3) is 10.5. The van der Waals surface area contributed by atoms with Crippen LogP contribution in [0.5, 0.6) is 0 Å². The van der Waals surface area contributed by atoms with Crippen molar-refractivity contribution in [2.24, 2.45) is 0 Å². The number of rotatable bonds is 10. The molecule has 19 heavy (non-hydrogen) atoms. The van der Waals surface area contributed by atoms with Gasteiger partial charge in [-0.2, -0.15) is 0 Å². The fourth-order valence-corrected chi connectivity index (χ4v) is 1.93. The molecule has 1 atom stereocenters. The van der Waals surface area contributed by atoms with E-state index in [9.17, 15) is 18.0 Å². The number of amides is 1. The summed E-state index contributed by atoms with van der Waals surface area (Å²) in [5, 5.41) is 11.2. The third-order valence-corrected chi connectivity index (χ3v) is 3.21. The third-order valence-electron chi connectivity index (χ3n) is 2.23. The molecule has 0 spiro atoms. The fraction of sp³-hybridized carbons (Fsp3) is 0.818. The summed E-state index contributed by atoms with van der Waals surface area (Å²) in [5.41, 5.74) is 0. The zero-order chi connectivity index (χ0) is 14.9. The highest BCUT2D eigenvalue weighted by molar-refractivity contribution is 7.90. The van der Waals surface area contributed by atoms with Gasteiger partial charge in [-0.05, 0) is 12.8 Å². The standard InChI is InChI=1S/C11H21NO6S/c1-3-6-18-7-4-10(13)12-9(11(14)15)5-8-19(2,16)17/h9H,3-8H2,1-2H3,(H,12,13)(H,14,15). The van der Waals surface area contributed by atoms with Gasteiger partial charge in [0, 0.05) is 19.3 Å². The van der Waals surface area contributed by atoms with E-state index in [-0.39, 0.29) is 25.2 Å². The van der Waals surface area contributed by atoms with Crippen molar-refractivity contribution >= 4 is 21.7 Å². The number of carbonyl (C=O) groups is 2. The van der Waals surface area contributed by atoms with E-state index in [1.54, 1.807) is 0 Å². The molecule has 1 amide bonds. The molecule has 0 aromatic heterocycles. The molecule has 0 aliphatic rings. The molecule has 8 heteroatoms. The number of nitrogens with one attached hydrogen (secondary N) is 1. The molecule has 0 aliphatic carbocycles. The van der Waals surface area contributed by atoms with Crippen LogP contribution in [0.2, 0.25) is 0 Å². The second kappa shape index (κ2) is 8.87. The Hall–Kier alpha value is -1.15. The lowest BCUT2D eigenvalue weighted by Crippen LogP contribution is -2.42. The van der Waals surface area contributed by atoms with E-state index in [0.717, 1.165) is 12.7 Å². The van der Waals surface area contributed by atoms with E-state index in [1.165, 1.54) is 0 Å². The second-order valence-corrected chi connectivity index (χ2v) is 6.50. The summed E-state index contributed by atoms with van der Waals surface area (Å²) < 4.78 is 27.0. The molecule has 0 heterocycles. The number of hydrogen-bond acceptors (Lipinski definition) is 5. The van der Waals surface area contributed by atoms with E-state index in [0.29, 0.717) is 6.61 Å². The lowest BCUT2D eigenvalue weighted by atomic mass is 10.2. The first-order valence-electron chi connectivity index (χ1n) is 6.04. The molecule has 0 saturated heterocycles. The lowest BCUT2D eigenvalue weighted by Gasteiger charge is -2.14. The van der Waals surface area contributed by atoms with Gasteiger partial charge in [-0.25, -0.2) is 13.2 Å². The van der Waals surface area contributed by atoms with Gasteiger partial charge in [0.25, 0.3) is 0 Å². The molecule has 0 aromatic rings. The van der Waals surface area contributed by atoms with Gasteiger partial charge in [0.05, 0.1) is 12.4 Å². The molecule has 0 rings (SSSR count). The molecular weight excluding hydrogens is 274 g/mol. The van der Waals surface area contributed by atoms with Crippen molar-refractivity contribution in [1.29, 1.82) is 0 Å². The topological polar surface area (TPSA) is 110 Å². The van der Waals surface area contributed by atoms with Crippen molar-refractivity contribution < 1.29 is 27.9 Å². The van der Waals surface area contributed by atoms with Crippen molar-refractivity contribution in [2.75, 3.05) is 25.2 Å². The van der Waals surface area contributed by atoms with Gasteiger partial charge < -0.3 is 15.2 Å². The summed E-state index contributed by atoms with van der Waals surface area (Å²) in [7, 11) is -3.25. The smallest absolute Gasteiger partial charge is 0.326 e. The Morgan fingerprint density at radius 2 is 1.95 bits per heavy atom. The van der Waals surface area contributed by atoms with Gasteiger partial charge in [-0.15, -0.1) is 0 Å². The molecule has 0 radical (unpaired) electrons. The first kappa shape index (κ1) is 17.8. The Balaban J connectivity index is 4.12. The molecule has 2 N–H and O–H groups in total. The van der Waals surface area contributed by atoms with Crippen LogP contribution in [-0.4, -0.2) is 56.7 Å². The molecule has 0 saturated carbocycles. The van der Waals surface area contributed by atoms with E-state index in [2.05, 4.69) is 5.32 Å². The maximum Gasteiger partial charge on any atom is 0.326 e. The molecular formula is C11H21NO6S. The molecule has 0 fully saturated rings. The predicted octanol–water partition coefficient (Wildman–Crippen LogP) is -0.193. The highest BCUT2D eigenvalue weighted by Crippen LogP contribution is 1.98. The lowest BCUT2D eigenvalue weighted by molar-refractivity contribution is -0.142. The summed E-state index contributed by atoms with van der Waals surface area (Å²) >= 11 is 0. The number of ether oxygens (including phenoxy) is 1. The molecule has 7 nitrogen and oxygen atoms in total. The van der Waals surface area contributed by atoms with Crippen LogP contribution >= 0.6 is 0 Å². The van der Waals surface area contributed by atoms with E-state index < -0.39 is 27.8 Å². The number of carboxylic acids is 1. The van der Waals surface area contributed by atoms with Crippen LogP contribution in [0.15, 0.2) is 0 Å². The van der Waals surface area contributed by atoms with Gasteiger partial charge in [0.2, 0.25) is 5.91 Å². The summed E-state index contributed by atoms with van der Waals surface area (Å²) in [6, 6.07) is -1.19. The van der Waals surface area contributed by atoms with Gasteiger partial charge in [0.1, 0.15) is 15.9 Å². The van der Waals surface area contributed by atoms with Crippen LogP contribution in [0.25, 0.3) is 0 Å². The van der Waals surface area contributed by atoms with Crippen LogP contribution in [0.3, 0.4) is 0 Å². The maximum absolute atomic E-state index is 11.4. The van der Waals surface area contributed by atoms with Crippen LogP contribution in [0.1, 0.15) is 26.2 Å². The highest BCUT2D eigenvalue weighted by atomic mass is 32.2. The molecule has 0 aromatic carbocycles. The normalized spacial score (nSPS) is 12.9. The quantitative estimate of drug-likeness (QED) is 0.540. The van der Waals surface area contributed by atoms with E-state index >= 15 is 0 Å². The minimum atomic E-state index is -3.25. The fourth-order valence-electron chi connectivity index (χ4n) is 1.27. The zero-order valence-electron chi connectivity index (χ0n) is 11.2. The highest BCUT2D eigenvalue weighted by Gasteiger charge is 2.21. The average molecular weight is 295 g/mol. The van der Waals surface area contributed by atoms with Gasteiger partial charge >= 0.3 is 5.97 Å². The molecule has 0 bridgehead atoms. The summed E-state index contributed by atoms with van der Waals surface area (Å²) in [6.45, 7) is 2.70. The van der Waals surface area contributed by atoms with Gasteiger partial charge in [0.15, 0.2) is 0 Å². The summed E-state index contributed by atoms with van der Waals surface area (Å²) in [4.78, 5) is 22.3. The van der Waals surface area contributed by atoms with E-state index in [4.69, 9.17) is 9.84 Å². The number of hydrogen-bond donors (Lipinski definition) is 2. The maximum atomic E-state index is 11.4. The monoisotopic (exact) mass is 295 g/mol. The number of aliphatic carboxylic acids is 1. The number of carbonyl (C=O) groups excluding carboxylic acids is 1.